The summed E-state index contributed by atoms with van der Waals surface area (Å²) in [5.74, 6) is -1.82. The fraction of sp³-hybridized carbons (Fsp3) is 0.400. The largest absolute Gasteiger partial charge is 0.469 e. The standard InChI is InChI=1S/C15H18O5/c1-11(14(17)19-2)7-6-10-13(16)20-15(18)12-8-4-3-5-9-12/h3-5,8-9,11H,6-7,10H2,1-2H3. The summed E-state index contributed by atoms with van der Waals surface area (Å²) in [4.78, 5) is 34.2. The molecule has 1 aromatic carbocycles. The zero-order valence-electron chi connectivity index (χ0n) is 11.6. The first kappa shape index (κ1) is 15.9. The maximum absolute atomic E-state index is 11.6. The molecule has 5 nitrogen and oxygen atoms in total. The molecule has 0 radical (unpaired) electrons. The summed E-state index contributed by atoms with van der Waals surface area (Å²) < 4.78 is 9.29. The topological polar surface area (TPSA) is 69.7 Å². The van der Waals surface area contributed by atoms with Gasteiger partial charge in [-0.1, -0.05) is 25.1 Å². The lowest BCUT2D eigenvalue weighted by molar-refractivity contribution is -0.145. The van der Waals surface area contributed by atoms with Crippen molar-refractivity contribution in [3.8, 4) is 0 Å². The second-order valence-corrected chi connectivity index (χ2v) is 4.44. The molecule has 20 heavy (non-hydrogen) atoms. The summed E-state index contributed by atoms with van der Waals surface area (Å²) in [6.07, 6.45) is 1.08. The zero-order valence-corrected chi connectivity index (χ0v) is 11.6. The third kappa shape index (κ3) is 5.22. The molecule has 0 amide bonds. The molecule has 0 N–H and O–H groups in total. The van der Waals surface area contributed by atoms with Gasteiger partial charge in [-0.3, -0.25) is 9.59 Å². The Labute approximate surface area is 117 Å². The second-order valence-electron chi connectivity index (χ2n) is 4.44. The first-order chi connectivity index (χ1) is 9.54. The molecule has 0 aliphatic rings. The van der Waals surface area contributed by atoms with Crippen molar-refractivity contribution in [2.45, 2.75) is 26.2 Å². The predicted octanol–water partition coefficient (Wildman–Crippen LogP) is 2.35. The highest BCUT2D eigenvalue weighted by Crippen LogP contribution is 2.10. The second kappa shape index (κ2) is 8.09. The van der Waals surface area contributed by atoms with Gasteiger partial charge in [-0.15, -0.1) is 0 Å². The fourth-order valence-electron chi connectivity index (χ4n) is 1.66. The zero-order chi connectivity index (χ0) is 15.0. The van der Waals surface area contributed by atoms with Gasteiger partial charge in [0.2, 0.25) is 0 Å². The van der Waals surface area contributed by atoms with Gasteiger partial charge in [-0.05, 0) is 25.0 Å². The molecule has 0 saturated heterocycles. The molecule has 0 spiro atoms. The molecule has 1 rings (SSSR count). The van der Waals surface area contributed by atoms with Crippen molar-refractivity contribution in [1.82, 2.24) is 0 Å². The average Bonchev–Trinajstić information content (AvgIpc) is 2.47. The molecule has 1 atom stereocenters. The van der Waals surface area contributed by atoms with Crippen molar-refractivity contribution in [3.63, 3.8) is 0 Å². The van der Waals surface area contributed by atoms with E-state index in [1.54, 1.807) is 37.3 Å². The van der Waals surface area contributed by atoms with Crippen molar-refractivity contribution in [1.29, 1.82) is 0 Å². The van der Waals surface area contributed by atoms with Gasteiger partial charge in [0.15, 0.2) is 0 Å². The van der Waals surface area contributed by atoms with Crippen molar-refractivity contribution in [3.05, 3.63) is 35.9 Å². The first-order valence-corrected chi connectivity index (χ1v) is 6.42. The minimum Gasteiger partial charge on any atom is -0.469 e. The van der Waals surface area contributed by atoms with Crippen LogP contribution in [0.1, 0.15) is 36.5 Å². The van der Waals surface area contributed by atoms with Gasteiger partial charge in [-0.25, -0.2) is 4.79 Å². The number of carbonyl (C=O) groups excluding carboxylic acids is 3. The summed E-state index contributed by atoms with van der Waals surface area (Å²) >= 11 is 0. The van der Waals surface area contributed by atoms with E-state index in [9.17, 15) is 14.4 Å². The molecule has 0 heterocycles. The molecule has 0 aromatic heterocycles. The number of benzene rings is 1. The monoisotopic (exact) mass is 278 g/mol. The van der Waals surface area contributed by atoms with E-state index >= 15 is 0 Å². The molecule has 0 bridgehead atoms. The summed E-state index contributed by atoms with van der Waals surface area (Å²) in [7, 11) is 1.33. The van der Waals surface area contributed by atoms with Crippen LogP contribution in [-0.2, 0) is 19.1 Å². The van der Waals surface area contributed by atoms with Gasteiger partial charge < -0.3 is 9.47 Å². The van der Waals surface area contributed by atoms with E-state index in [2.05, 4.69) is 4.74 Å². The van der Waals surface area contributed by atoms with Crippen LogP contribution in [-0.4, -0.2) is 25.0 Å². The Morgan fingerprint density at radius 1 is 1.15 bits per heavy atom. The third-order valence-electron chi connectivity index (χ3n) is 2.84. The Hall–Kier alpha value is -2.17. The normalized spacial score (nSPS) is 11.5. The quantitative estimate of drug-likeness (QED) is 0.590. The van der Waals surface area contributed by atoms with Crippen LogP contribution in [0.15, 0.2) is 30.3 Å². The third-order valence-corrected chi connectivity index (χ3v) is 2.84. The Balaban J connectivity index is 2.31. The minimum absolute atomic E-state index is 0.0971. The summed E-state index contributed by atoms with van der Waals surface area (Å²) in [6, 6.07) is 8.31. The van der Waals surface area contributed by atoms with Crippen LogP contribution in [0, 0.1) is 5.92 Å². The number of esters is 3. The number of carbonyl (C=O) groups is 3. The molecular formula is C15H18O5. The Morgan fingerprint density at radius 3 is 2.40 bits per heavy atom. The molecular weight excluding hydrogens is 260 g/mol. The number of ether oxygens (including phenoxy) is 2. The lowest BCUT2D eigenvalue weighted by atomic mass is 10.0. The van der Waals surface area contributed by atoms with Gasteiger partial charge in [0.05, 0.1) is 18.6 Å². The minimum atomic E-state index is -0.656. The lowest BCUT2D eigenvalue weighted by Gasteiger charge is -2.08. The molecule has 108 valence electrons. The average molecular weight is 278 g/mol. The number of rotatable bonds is 6. The highest BCUT2D eigenvalue weighted by molar-refractivity contribution is 5.96. The smallest absolute Gasteiger partial charge is 0.345 e. The van der Waals surface area contributed by atoms with Gasteiger partial charge in [0.25, 0.3) is 0 Å². The Bertz CT molecular complexity index is 466. The number of hydrogen-bond acceptors (Lipinski definition) is 5. The van der Waals surface area contributed by atoms with Crippen LogP contribution < -0.4 is 0 Å². The summed E-state index contributed by atoms with van der Waals surface area (Å²) in [5.41, 5.74) is 0.337. The maximum Gasteiger partial charge on any atom is 0.345 e. The Kier molecular flexibility index (Phi) is 6.43. The van der Waals surface area contributed by atoms with E-state index in [4.69, 9.17) is 4.74 Å². The van der Waals surface area contributed by atoms with Crippen molar-refractivity contribution >= 4 is 17.9 Å². The SMILES string of the molecule is COC(=O)C(C)CCCC(=O)OC(=O)c1ccccc1. The van der Waals surface area contributed by atoms with Crippen LogP contribution in [0.5, 0.6) is 0 Å². The molecule has 1 aromatic rings. The van der Waals surface area contributed by atoms with Crippen LogP contribution in [0.25, 0.3) is 0 Å². The van der Waals surface area contributed by atoms with Gasteiger partial charge in [-0.2, -0.15) is 0 Å². The summed E-state index contributed by atoms with van der Waals surface area (Å²) in [6.45, 7) is 1.73. The highest BCUT2D eigenvalue weighted by Gasteiger charge is 2.15. The van der Waals surface area contributed by atoms with E-state index in [0.29, 0.717) is 18.4 Å². The Morgan fingerprint density at radius 2 is 1.80 bits per heavy atom. The number of methoxy groups -OCH3 is 1. The number of hydrogen-bond donors (Lipinski definition) is 0. The van der Waals surface area contributed by atoms with Crippen LogP contribution >= 0.6 is 0 Å². The van der Waals surface area contributed by atoms with Gasteiger partial charge in [0, 0.05) is 6.42 Å². The van der Waals surface area contributed by atoms with Crippen molar-refractivity contribution in [2.75, 3.05) is 7.11 Å². The molecule has 0 aliphatic carbocycles. The van der Waals surface area contributed by atoms with E-state index in [-0.39, 0.29) is 18.3 Å². The van der Waals surface area contributed by atoms with E-state index in [1.165, 1.54) is 7.11 Å². The van der Waals surface area contributed by atoms with Crippen molar-refractivity contribution in [2.24, 2.45) is 5.92 Å². The molecule has 5 heteroatoms. The molecule has 1 unspecified atom stereocenters. The van der Waals surface area contributed by atoms with E-state index in [1.807, 2.05) is 0 Å². The van der Waals surface area contributed by atoms with E-state index < -0.39 is 11.9 Å². The fourth-order valence-corrected chi connectivity index (χ4v) is 1.66. The van der Waals surface area contributed by atoms with Crippen LogP contribution in [0.3, 0.4) is 0 Å². The summed E-state index contributed by atoms with van der Waals surface area (Å²) in [5, 5.41) is 0. The maximum atomic E-state index is 11.6. The van der Waals surface area contributed by atoms with Crippen LogP contribution in [0.4, 0.5) is 0 Å². The molecule has 0 aliphatic heterocycles. The van der Waals surface area contributed by atoms with Crippen LogP contribution in [0.2, 0.25) is 0 Å². The first-order valence-electron chi connectivity index (χ1n) is 6.42. The molecule has 0 fully saturated rings. The van der Waals surface area contributed by atoms with E-state index in [0.717, 1.165) is 0 Å². The van der Waals surface area contributed by atoms with Crippen molar-refractivity contribution < 1.29 is 23.9 Å². The highest BCUT2D eigenvalue weighted by atomic mass is 16.6. The lowest BCUT2D eigenvalue weighted by Crippen LogP contribution is -2.15. The van der Waals surface area contributed by atoms with Gasteiger partial charge in [0.1, 0.15) is 0 Å². The van der Waals surface area contributed by atoms with Gasteiger partial charge >= 0.3 is 17.9 Å². The predicted molar refractivity (Wildman–Crippen MR) is 71.9 cm³/mol. The molecule has 0 saturated carbocycles.